The van der Waals surface area contributed by atoms with Crippen molar-refractivity contribution in [2.75, 3.05) is 30.5 Å². The number of nitrogens with zero attached hydrogens (tertiary/aromatic N) is 1. The Kier molecular flexibility index (Phi) is 11.9. The second-order valence-corrected chi connectivity index (χ2v) is 11.8. The summed E-state index contributed by atoms with van der Waals surface area (Å²) >= 11 is 1.54. The summed E-state index contributed by atoms with van der Waals surface area (Å²) in [5, 5.41) is 15.7. The molecule has 214 valence electrons. The Labute approximate surface area is 236 Å². The summed E-state index contributed by atoms with van der Waals surface area (Å²) < 4.78 is 5.41. The van der Waals surface area contributed by atoms with E-state index in [1.807, 2.05) is 70.3 Å². The molecule has 3 N–H and O–H groups in total. The number of ether oxygens (including phenoxy) is 1. The molecule has 2 unspecified atom stereocenters. The first-order chi connectivity index (χ1) is 18.3. The Bertz CT molecular complexity index is 1120. The molecule has 0 aliphatic rings. The highest BCUT2D eigenvalue weighted by atomic mass is 32.2. The van der Waals surface area contributed by atoms with Gasteiger partial charge in [0.2, 0.25) is 5.91 Å². The third-order valence-electron chi connectivity index (χ3n) is 6.07. The first-order valence-corrected chi connectivity index (χ1v) is 14.5. The van der Waals surface area contributed by atoms with Crippen LogP contribution < -0.4 is 10.6 Å². The quantitative estimate of drug-likeness (QED) is 0.356. The van der Waals surface area contributed by atoms with Gasteiger partial charge in [-0.1, -0.05) is 47.5 Å². The maximum absolute atomic E-state index is 14.1. The lowest BCUT2D eigenvalue weighted by Crippen LogP contribution is -2.53. The number of carbonyl (C=O) groups excluding carboxylic acids is 3. The molecular formula is C30H43N3O5S. The SMILES string of the molecule is CSCCC(NC(=O)OC(C)(C)C)C(=O)N(CCO)C(C(=O)Nc1c(C)cccc1C)c1cc(C)cc(C)c1. The number of carbonyl (C=O) groups is 3. The highest BCUT2D eigenvalue weighted by Crippen LogP contribution is 2.28. The number of aliphatic hydroxyl groups is 1. The number of aliphatic hydroxyl groups excluding tert-OH is 1. The van der Waals surface area contributed by atoms with Crippen LogP contribution in [-0.2, 0) is 14.3 Å². The highest BCUT2D eigenvalue weighted by Gasteiger charge is 2.36. The second kappa shape index (κ2) is 14.4. The van der Waals surface area contributed by atoms with Gasteiger partial charge >= 0.3 is 6.09 Å². The van der Waals surface area contributed by atoms with Crippen LogP contribution in [0.5, 0.6) is 0 Å². The van der Waals surface area contributed by atoms with Gasteiger partial charge in [0.25, 0.3) is 5.91 Å². The van der Waals surface area contributed by atoms with Gasteiger partial charge in [0, 0.05) is 12.2 Å². The molecule has 0 fully saturated rings. The van der Waals surface area contributed by atoms with Crippen LogP contribution in [0.25, 0.3) is 0 Å². The van der Waals surface area contributed by atoms with Crippen LogP contribution in [0.4, 0.5) is 10.5 Å². The zero-order valence-corrected chi connectivity index (χ0v) is 25.2. The highest BCUT2D eigenvalue weighted by molar-refractivity contribution is 7.98. The van der Waals surface area contributed by atoms with Crippen molar-refractivity contribution in [3.63, 3.8) is 0 Å². The number of rotatable bonds is 11. The normalized spacial score (nSPS) is 12.8. The zero-order chi connectivity index (χ0) is 29.3. The van der Waals surface area contributed by atoms with Gasteiger partial charge in [-0.3, -0.25) is 9.59 Å². The van der Waals surface area contributed by atoms with Gasteiger partial charge in [0.1, 0.15) is 17.7 Å². The fraction of sp³-hybridized carbons (Fsp3) is 0.500. The maximum atomic E-state index is 14.1. The molecule has 0 saturated carbocycles. The molecule has 0 aliphatic carbocycles. The molecular weight excluding hydrogens is 514 g/mol. The Hall–Kier alpha value is -3.04. The van der Waals surface area contributed by atoms with E-state index in [0.29, 0.717) is 23.4 Å². The van der Waals surface area contributed by atoms with Gasteiger partial charge in [-0.15, -0.1) is 0 Å². The minimum atomic E-state index is -1.04. The van der Waals surface area contributed by atoms with Crippen molar-refractivity contribution in [2.45, 2.75) is 72.6 Å². The Balaban J connectivity index is 2.57. The number of alkyl carbamates (subject to hydrolysis) is 1. The standard InChI is InChI=1S/C30H43N3O5S/c1-19-16-20(2)18-23(17-19)26(27(35)32-25-21(3)10-9-11-22(25)4)33(13-14-34)28(36)24(12-15-39-8)31-29(37)38-30(5,6)7/h9-11,16-18,24,26,34H,12-15H2,1-8H3,(H,31,37)(H,32,35). The largest absolute Gasteiger partial charge is 0.444 e. The first-order valence-electron chi connectivity index (χ1n) is 13.1. The zero-order valence-electron chi connectivity index (χ0n) is 24.4. The van der Waals surface area contributed by atoms with Crippen LogP contribution in [0.1, 0.15) is 61.1 Å². The average Bonchev–Trinajstić information content (AvgIpc) is 2.81. The summed E-state index contributed by atoms with van der Waals surface area (Å²) in [6.45, 7) is 12.5. The number of nitrogens with one attached hydrogen (secondary N) is 2. The van der Waals surface area contributed by atoms with E-state index >= 15 is 0 Å². The van der Waals surface area contributed by atoms with Crippen molar-refractivity contribution in [1.29, 1.82) is 0 Å². The van der Waals surface area contributed by atoms with E-state index in [2.05, 4.69) is 10.6 Å². The molecule has 2 aromatic carbocycles. The summed E-state index contributed by atoms with van der Waals surface area (Å²) in [6, 6.07) is 9.49. The predicted octanol–water partition coefficient (Wildman–Crippen LogP) is 5.07. The molecule has 2 rings (SSSR count). The van der Waals surface area contributed by atoms with Gasteiger partial charge in [0.05, 0.1) is 6.61 Å². The molecule has 0 saturated heterocycles. The van der Waals surface area contributed by atoms with Crippen LogP contribution >= 0.6 is 11.8 Å². The number of hydrogen-bond donors (Lipinski definition) is 3. The van der Waals surface area contributed by atoms with Gasteiger partial charge in [0.15, 0.2) is 0 Å². The molecule has 9 heteroatoms. The van der Waals surface area contributed by atoms with Crippen molar-refractivity contribution < 1.29 is 24.2 Å². The number of para-hydroxylation sites is 1. The van der Waals surface area contributed by atoms with Gasteiger partial charge < -0.3 is 25.4 Å². The topological polar surface area (TPSA) is 108 Å². The lowest BCUT2D eigenvalue weighted by Gasteiger charge is -2.34. The second-order valence-electron chi connectivity index (χ2n) is 10.8. The average molecular weight is 558 g/mol. The Morgan fingerprint density at radius 1 is 1.03 bits per heavy atom. The summed E-state index contributed by atoms with van der Waals surface area (Å²) in [5.41, 5.74) is 4.24. The molecule has 0 spiro atoms. The summed E-state index contributed by atoms with van der Waals surface area (Å²) in [5.74, 6) is -0.271. The van der Waals surface area contributed by atoms with Crippen molar-refractivity contribution in [3.8, 4) is 0 Å². The molecule has 2 atom stereocenters. The van der Waals surface area contributed by atoms with E-state index in [9.17, 15) is 19.5 Å². The molecule has 39 heavy (non-hydrogen) atoms. The minimum absolute atomic E-state index is 0.0948. The monoisotopic (exact) mass is 557 g/mol. The third kappa shape index (κ3) is 9.58. The fourth-order valence-electron chi connectivity index (χ4n) is 4.46. The predicted molar refractivity (Wildman–Crippen MR) is 158 cm³/mol. The summed E-state index contributed by atoms with van der Waals surface area (Å²) in [7, 11) is 0. The molecule has 0 bridgehead atoms. The smallest absolute Gasteiger partial charge is 0.408 e. The summed E-state index contributed by atoms with van der Waals surface area (Å²) in [6.07, 6.45) is 1.53. The number of thioether (sulfide) groups is 1. The van der Waals surface area contributed by atoms with Crippen LogP contribution in [0.3, 0.4) is 0 Å². The molecule has 0 radical (unpaired) electrons. The van der Waals surface area contributed by atoms with E-state index < -0.39 is 35.6 Å². The lowest BCUT2D eigenvalue weighted by molar-refractivity contribution is -0.141. The van der Waals surface area contributed by atoms with Crippen LogP contribution in [0.2, 0.25) is 0 Å². The van der Waals surface area contributed by atoms with Crippen LogP contribution in [0.15, 0.2) is 36.4 Å². The number of hydrogen-bond acceptors (Lipinski definition) is 6. The van der Waals surface area contributed by atoms with Crippen molar-refractivity contribution in [2.24, 2.45) is 0 Å². The van der Waals surface area contributed by atoms with Crippen molar-refractivity contribution >= 4 is 35.4 Å². The van der Waals surface area contributed by atoms with E-state index in [-0.39, 0.29) is 13.2 Å². The fourth-order valence-corrected chi connectivity index (χ4v) is 4.93. The Morgan fingerprint density at radius 2 is 1.62 bits per heavy atom. The third-order valence-corrected chi connectivity index (χ3v) is 6.72. The van der Waals surface area contributed by atoms with Gasteiger partial charge in [-0.2, -0.15) is 11.8 Å². The molecule has 0 aliphatic heterocycles. The van der Waals surface area contributed by atoms with E-state index in [1.165, 1.54) is 4.90 Å². The van der Waals surface area contributed by atoms with Crippen LogP contribution in [0, 0.1) is 27.7 Å². The number of benzene rings is 2. The molecule has 2 aromatic rings. The number of aryl methyl sites for hydroxylation is 4. The van der Waals surface area contributed by atoms with Crippen molar-refractivity contribution in [1.82, 2.24) is 10.2 Å². The molecule has 0 aromatic heterocycles. The first kappa shape index (κ1) is 32.2. The number of anilines is 1. The van der Waals surface area contributed by atoms with Crippen LogP contribution in [-0.4, -0.2) is 64.7 Å². The van der Waals surface area contributed by atoms with Gasteiger partial charge in [-0.25, -0.2) is 4.79 Å². The maximum Gasteiger partial charge on any atom is 0.408 e. The lowest BCUT2D eigenvalue weighted by atomic mass is 9.97. The van der Waals surface area contributed by atoms with Crippen molar-refractivity contribution in [3.05, 3.63) is 64.2 Å². The minimum Gasteiger partial charge on any atom is -0.444 e. The summed E-state index contributed by atoms with van der Waals surface area (Å²) in [4.78, 5) is 42.1. The molecule has 3 amide bonds. The van der Waals surface area contributed by atoms with E-state index in [1.54, 1.807) is 32.5 Å². The van der Waals surface area contributed by atoms with E-state index in [0.717, 1.165) is 22.3 Å². The Morgan fingerprint density at radius 3 is 2.13 bits per heavy atom. The number of amides is 3. The molecule has 8 nitrogen and oxygen atoms in total. The van der Waals surface area contributed by atoms with E-state index in [4.69, 9.17) is 4.74 Å². The van der Waals surface area contributed by atoms with Gasteiger partial charge in [-0.05, 0) is 83.6 Å². The molecule has 0 heterocycles.